The minimum absolute atomic E-state index is 0.0185. The number of rotatable bonds is 9. The Morgan fingerprint density at radius 3 is 2.60 bits per heavy atom. The van der Waals surface area contributed by atoms with Gasteiger partial charge in [-0.05, 0) is 29.8 Å². The van der Waals surface area contributed by atoms with Crippen LogP contribution in [0.3, 0.4) is 0 Å². The summed E-state index contributed by atoms with van der Waals surface area (Å²) in [6.07, 6.45) is 1.62. The zero-order valence-electron chi connectivity index (χ0n) is 17.4. The number of carbonyl (C=O) groups is 1. The quantitative estimate of drug-likeness (QED) is 0.485. The minimum Gasteiger partial charge on any atom is -0.497 e. The normalized spacial score (nSPS) is 10.5. The highest BCUT2D eigenvalue weighted by Crippen LogP contribution is 2.28. The molecule has 0 aliphatic carbocycles. The molecule has 3 rings (SSSR count). The lowest BCUT2D eigenvalue weighted by Crippen LogP contribution is -2.27. The average Bonchev–Trinajstić information content (AvgIpc) is 3.26. The fraction of sp³-hybridized carbons (Fsp3) is 0.286. The number of methoxy groups -OCH3 is 3. The first-order chi connectivity index (χ1) is 14.5. The van der Waals surface area contributed by atoms with Gasteiger partial charge in [0.1, 0.15) is 12.1 Å². The van der Waals surface area contributed by atoms with Crippen LogP contribution in [0.1, 0.15) is 5.56 Å². The molecule has 0 atom stereocenters. The molecule has 1 aromatic heterocycles. The SMILES string of the molecule is COc1cccc(-n2cnnc2SCC(=O)N(C)Cc2ccc(OC)c(OC)c2)c1. The molecule has 158 valence electrons. The van der Waals surface area contributed by atoms with Gasteiger partial charge in [0.05, 0.1) is 32.8 Å². The van der Waals surface area contributed by atoms with Gasteiger partial charge in [0.2, 0.25) is 5.91 Å². The fourth-order valence-corrected chi connectivity index (χ4v) is 3.71. The molecule has 8 nitrogen and oxygen atoms in total. The molecule has 1 amide bonds. The molecule has 0 bridgehead atoms. The number of hydrogen-bond donors (Lipinski definition) is 0. The van der Waals surface area contributed by atoms with Crippen molar-refractivity contribution in [3.05, 3.63) is 54.4 Å². The van der Waals surface area contributed by atoms with Crippen molar-refractivity contribution in [3.63, 3.8) is 0 Å². The first-order valence-electron chi connectivity index (χ1n) is 9.17. The summed E-state index contributed by atoms with van der Waals surface area (Å²) in [6.45, 7) is 0.461. The first-order valence-corrected chi connectivity index (χ1v) is 10.2. The highest BCUT2D eigenvalue weighted by Gasteiger charge is 2.15. The second kappa shape index (κ2) is 10.0. The van der Waals surface area contributed by atoms with Gasteiger partial charge in [-0.25, -0.2) is 0 Å². The fourth-order valence-electron chi connectivity index (χ4n) is 2.84. The summed E-state index contributed by atoms with van der Waals surface area (Å²) in [7, 11) is 6.57. The van der Waals surface area contributed by atoms with Gasteiger partial charge >= 0.3 is 0 Å². The van der Waals surface area contributed by atoms with Crippen molar-refractivity contribution in [1.29, 1.82) is 0 Å². The number of amides is 1. The van der Waals surface area contributed by atoms with E-state index < -0.39 is 0 Å². The number of carbonyl (C=O) groups excluding carboxylic acids is 1. The standard InChI is InChI=1S/C21H24N4O4S/c1-24(12-15-8-9-18(28-3)19(10-15)29-4)20(26)13-30-21-23-22-14-25(21)16-6-5-7-17(11-16)27-2/h5-11,14H,12-13H2,1-4H3. The molecule has 0 N–H and O–H groups in total. The number of hydrogen-bond acceptors (Lipinski definition) is 7. The van der Waals surface area contributed by atoms with E-state index in [0.29, 0.717) is 23.2 Å². The molecule has 0 aliphatic heterocycles. The maximum absolute atomic E-state index is 12.6. The van der Waals surface area contributed by atoms with Crippen LogP contribution in [0.25, 0.3) is 5.69 Å². The van der Waals surface area contributed by atoms with Crippen LogP contribution in [0.15, 0.2) is 53.9 Å². The van der Waals surface area contributed by atoms with E-state index in [1.165, 1.54) is 11.8 Å². The maximum Gasteiger partial charge on any atom is 0.233 e. The molecule has 3 aromatic rings. The number of nitrogens with zero attached hydrogens (tertiary/aromatic N) is 4. The average molecular weight is 429 g/mol. The summed E-state index contributed by atoms with van der Waals surface area (Å²) in [5.74, 6) is 2.25. The van der Waals surface area contributed by atoms with Crippen molar-refractivity contribution >= 4 is 17.7 Å². The van der Waals surface area contributed by atoms with E-state index in [2.05, 4.69) is 10.2 Å². The van der Waals surface area contributed by atoms with Crippen molar-refractivity contribution < 1.29 is 19.0 Å². The molecule has 0 radical (unpaired) electrons. The Bertz CT molecular complexity index is 1010. The van der Waals surface area contributed by atoms with E-state index >= 15 is 0 Å². The van der Waals surface area contributed by atoms with Crippen LogP contribution >= 0.6 is 11.8 Å². The number of thioether (sulfide) groups is 1. The Labute approximate surface area is 179 Å². The van der Waals surface area contributed by atoms with Crippen molar-refractivity contribution in [1.82, 2.24) is 19.7 Å². The van der Waals surface area contributed by atoms with Crippen LogP contribution < -0.4 is 14.2 Å². The van der Waals surface area contributed by atoms with Gasteiger partial charge in [-0.15, -0.1) is 10.2 Å². The Morgan fingerprint density at radius 1 is 1.07 bits per heavy atom. The third-order valence-electron chi connectivity index (χ3n) is 4.47. The molecule has 2 aromatic carbocycles. The first kappa shape index (κ1) is 21.5. The molecular weight excluding hydrogens is 404 g/mol. The monoisotopic (exact) mass is 428 g/mol. The lowest BCUT2D eigenvalue weighted by atomic mass is 10.2. The van der Waals surface area contributed by atoms with Crippen LogP contribution in [0, 0.1) is 0 Å². The lowest BCUT2D eigenvalue weighted by Gasteiger charge is -2.18. The third kappa shape index (κ3) is 5.04. The highest BCUT2D eigenvalue weighted by atomic mass is 32.2. The van der Waals surface area contributed by atoms with Gasteiger partial charge in [0, 0.05) is 19.7 Å². The van der Waals surface area contributed by atoms with Crippen LogP contribution in [0.2, 0.25) is 0 Å². The highest BCUT2D eigenvalue weighted by molar-refractivity contribution is 7.99. The topological polar surface area (TPSA) is 78.7 Å². The van der Waals surface area contributed by atoms with Crippen molar-refractivity contribution in [2.75, 3.05) is 34.1 Å². The molecule has 0 saturated heterocycles. The van der Waals surface area contributed by atoms with E-state index in [4.69, 9.17) is 14.2 Å². The van der Waals surface area contributed by atoms with Crippen LogP contribution in [-0.4, -0.2) is 59.7 Å². The third-order valence-corrected chi connectivity index (χ3v) is 5.39. The van der Waals surface area contributed by atoms with E-state index in [1.54, 1.807) is 39.6 Å². The zero-order chi connectivity index (χ0) is 21.5. The van der Waals surface area contributed by atoms with Gasteiger partial charge in [-0.1, -0.05) is 23.9 Å². The van der Waals surface area contributed by atoms with Crippen molar-refractivity contribution in [2.45, 2.75) is 11.7 Å². The summed E-state index contributed by atoms with van der Waals surface area (Å²) in [6, 6.07) is 13.2. The number of aromatic nitrogens is 3. The van der Waals surface area contributed by atoms with Gasteiger partial charge in [-0.2, -0.15) is 0 Å². The molecule has 0 fully saturated rings. The summed E-state index contributed by atoms with van der Waals surface area (Å²) in [4.78, 5) is 14.3. The molecule has 0 unspecified atom stereocenters. The number of benzene rings is 2. The van der Waals surface area contributed by atoms with E-state index in [1.807, 2.05) is 47.0 Å². The Balaban J connectivity index is 1.63. The second-order valence-electron chi connectivity index (χ2n) is 6.41. The molecular formula is C21H24N4O4S. The van der Waals surface area contributed by atoms with E-state index in [0.717, 1.165) is 17.0 Å². The van der Waals surface area contributed by atoms with Crippen molar-refractivity contribution in [3.8, 4) is 22.9 Å². The maximum atomic E-state index is 12.6. The van der Waals surface area contributed by atoms with Gasteiger partial charge in [0.15, 0.2) is 16.7 Å². The predicted molar refractivity (Wildman–Crippen MR) is 115 cm³/mol. The summed E-state index contributed by atoms with van der Waals surface area (Å²) in [5.41, 5.74) is 1.82. The summed E-state index contributed by atoms with van der Waals surface area (Å²) < 4.78 is 17.7. The zero-order valence-corrected chi connectivity index (χ0v) is 18.2. The van der Waals surface area contributed by atoms with Crippen LogP contribution in [-0.2, 0) is 11.3 Å². The smallest absolute Gasteiger partial charge is 0.233 e. The van der Waals surface area contributed by atoms with Crippen molar-refractivity contribution in [2.24, 2.45) is 0 Å². The minimum atomic E-state index is -0.0185. The molecule has 30 heavy (non-hydrogen) atoms. The van der Waals surface area contributed by atoms with Gasteiger partial charge in [-0.3, -0.25) is 9.36 Å². The summed E-state index contributed by atoms with van der Waals surface area (Å²) >= 11 is 1.34. The van der Waals surface area contributed by atoms with Crippen LogP contribution in [0.4, 0.5) is 0 Å². The Kier molecular flexibility index (Phi) is 7.18. The molecule has 9 heteroatoms. The predicted octanol–water partition coefficient (Wildman–Crippen LogP) is 3.04. The van der Waals surface area contributed by atoms with Gasteiger partial charge < -0.3 is 19.1 Å². The molecule has 1 heterocycles. The second-order valence-corrected chi connectivity index (χ2v) is 7.36. The number of ether oxygens (including phenoxy) is 3. The molecule has 0 aliphatic rings. The van der Waals surface area contributed by atoms with Crippen LogP contribution in [0.5, 0.6) is 17.2 Å². The summed E-state index contributed by atoms with van der Waals surface area (Å²) in [5, 5.41) is 8.75. The largest absolute Gasteiger partial charge is 0.497 e. The van der Waals surface area contributed by atoms with E-state index in [-0.39, 0.29) is 11.7 Å². The Morgan fingerprint density at radius 2 is 1.87 bits per heavy atom. The molecule has 0 spiro atoms. The molecule has 0 saturated carbocycles. The van der Waals surface area contributed by atoms with E-state index in [9.17, 15) is 4.79 Å². The van der Waals surface area contributed by atoms with Gasteiger partial charge in [0.25, 0.3) is 0 Å². The lowest BCUT2D eigenvalue weighted by molar-refractivity contribution is -0.127. The Hall–Kier alpha value is -3.20.